The van der Waals surface area contributed by atoms with Gasteiger partial charge in [-0.05, 0) is 54.2 Å². The van der Waals surface area contributed by atoms with E-state index in [-0.39, 0.29) is 5.91 Å². The standard InChI is InChI=1S/C19H13ClN4OS/c20-17-15(9-5-11-22-17)23-19-24(14-7-2-1-3-8-14)18(25)16(26-19)12-13-6-4-10-21-13/h1-12,21H/b16-12+,23-19?. The smallest absolute Gasteiger partial charge is 0.271 e. The van der Waals surface area contributed by atoms with E-state index in [1.165, 1.54) is 11.8 Å². The largest absolute Gasteiger partial charge is 0.362 e. The third-order valence-electron chi connectivity index (χ3n) is 3.68. The average Bonchev–Trinajstić information content (AvgIpc) is 3.27. The fraction of sp³-hybridized carbons (Fsp3) is 0. The number of aromatic nitrogens is 2. The number of para-hydroxylation sites is 1. The summed E-state index contributed by atoms with van der Waals surface area (Å²) in [6.45, 7) is 0. The van der Waals surface area contributed by atoms with Crippen LogP contribution in [0.2, 0.25) is 5.15 Å². The number of aromatic amines is 1. The molecule has 0 aliphatic carbocycles. The summed E-state index contributed by atoms with van der Waals surface area (Å²) < 4.78 is 0. The monoisotopic (exact) mass is 380 g/mol. The second-order valence-electron chi connectivity index (χ2n) is 5.42. The molecule has 3 aromatic rings. The van der Waals surface area contributed by atoms with Crippen molar-refractivity contribution >= 4 is 51.9 Å². The topological polar surface area (TPSA) is 61.4 Å². The number of pyridine rings is 1. The van der Waals surface area contributed by atoms with Gasteiger partial charge in [0.2, 0.25) is 0 Å². The van der Waals surface area contributed by atoms with E-state index in [1.807, 2.05) is 54.7 Å². The lowest BCUT2D eigenvalue weighted by Gasteiger charge is -2.15. The van der Waals surface area contributed by atoms with Gasteiger partial charge in [0.25, 0.3) is 5.91 Å². The van der Waals surface area contributed by atoms with Crippen molar-refractivity contribution in [1.29, 1.82) is 0 Å². The molecule has 0 spiro atoms. The molecule has 1 aromatic carbocycles. The first-order chi connectivity index (χ1) is 12.7. The molecule has 4 rings (SSSR count). The first-order valence-electron chi connectivity index (χ1n) is 7.84. The number of nitrogens with zero attached hydrogens (tertiary/aromatic N) is 3. The summed E-state index contributed by atoms with van der Waals surface area (Å²) in [5.41, 5.74) is 2.12. The van der Waals surface area contributed by atoms with E-state index >= 15 is 0 Å². The number of hydrogen-bond acceptors (Lipinski definition) is 4. The molecular weight excluding hydrogens is 368 g/mol. The Balaban J connectivity index is 1.80. The molecular formula is C19H13ClN4OS. The zero-order valence-electron chi connectivity index (χ0n) is 13.5. The Morgan fingerprint density at radius 3 is 2.69 bits per heavy atom. The van der Waals surface area contributed by atoms with E-state index in [2.05, 4.69) is 15.0 Å². The Hall–Kier alpha value is -2.83. The molecule has 1 fully saturated rings. The van der Waals surface area contributed by atoms with Gasteiger partial charge in [-0.25, -0.2) is 9.98 Å². The quantitative estimate of drug-likeness (QED) is 0.520. The van der Waals surface area contributed by atoms with Crippen LogP contribution in [-0.4, -0.2) is 21.0 Å². The summed E-state index contributed by atoms with van der Waals surface area (Å²) in [4.78, 5) is 26.9. The summed E-state index contributed by atoms with van der Waals surface area (Å²) in [7, 11) is 0. The van der Waals surface area contributed by atoms with Gasteiger partial charge >= 0.3 is 0 Å². The van der Waals surface area contributed by atoms with Gasteiger partial charge in [-0.3, -0.25) is 9.69 Å². The highest BCUT2D eigenvalue weighted by Gasteiger charge is 2.34. The molecule has 1 amide bonds. The molecule has 0 unspecified atom stereocenters. The molecule has 128 valence electrons. The van der Waals surface area contributed by atoms with Crippen molar-refractivity contribution in [3.05, 3.63) is 82.7 Å². The maximum Gasteiger partial charge on any atom is 0.271 e. The molecule has 0 atom stereocenters. The molecule has 1 aliphatic rings. The number of rotatable bonds is 3. The van der Waals surface area contributed by atoms with Crippen molar-refractivity contribution in [2.45, 2.75) is 0 Å². The second-order valence-corrected chi connectivity index (χ2v) is 6.79. The lowest BCUT2D eigenvalue weighted by Crippen LogP contribution is -2.28. The van der Waals surface area contributed by atoms with Crippen LogP contribution in [0.4, 0.5) is 11.4 Å². The molecule has 0 radical (unpaired) electrons. The number of anilines is 1. The highest BCUT2D eigenvalue weighted by atomic mass is 35.5. The van der Waals surface area contributed by atoms with E-state index in [9.17, 15) is 4.79 Å². The van der Waals surface area contributed by atoms with Crippen molar-refractivity contribution in [2.24, 2.45) is 4.99 Å². The number of aliphatic imine (C=N–C) groups is 1. The van der Waals surface area contributed by atoms with Gasteiger partial charge in [0, 0.05) is 18.1 Å². The van der Waals surface area contributed by atoms with Crippen molar-refractivity contribution in [2.75, 3.05) is 4.90 Å². The van der Waals surface area contributed by atoms with E-state index in [0.717, 1.165) is 11.4 Å². The Kier molecular flexibility index (Phi) is 4.60. The Labute approximate surface area is 159 Å². The van der Waals surface area contributed by atoms with Crippen LogP contribution in [0.3, 0.4) is 0 Å². The number of nitrogens with one attached hydrogen (secondary N) is 1. The van der Waals surface area contributed by atoms with Gasteiger partial charge in [-0.2, -0.15) is 0 Å². The predicted molar refractivity (Wildman–Crippen MR) is 107 cm³/mol. The number of thioether (sulfide) groups is 1. The number of amides is 1. The molecule has 5 nitrogen and oxygen atoms in total. The lowest BCUT2D eigenvalue weighted by atomic mass is 10.3. The fourth-order valence-electron chi connectivity index (χ4n) is 2.49. The van der Waals surface area contributed by atoms with Crippen LogP contribution in [0.1, 0.15) is 5.69 Å². The predicted octanol–water partition coefficient (Wildman–Crippen LogP) is 4.87. The lowest BCUT2D eigenvalue weighted by molar-refractivity contribution is -0.113. The van der Waals surface area contributed by atoms with Crippen LogP contribution in [0, 0.1) is 0 Å². The van der Waals surface area contributed by atoms with Crippen molar-refractivity contribution in [3.63, 3.8) is 0 Å². The third-order valence-corrected chi connectivity index (χ3v) is 4.94. The molecule has 0 bridgehead atoms. The number of H-pyrrole nitrogens is 1. The van der Waals surface area contributed by atoms with Gasteiger partial charge in [-0.15, -0.1) is 0 Å². The Morgan fingerprint density at radius 1 is 1.12 bits per heavy atom. The highest BCUT2D eigenvalue weighted by molar-refractivity contribution is 8.19. The first-order valence-corrected chi connectivity index (χ1v) is 9.03. The molecule has 3 heterocycles. The van der Waals surface area contributed by atoms with Crippen LogP contribution < -0.4 is 4.90 Å². The molecule has 7 heteroatoms. The van der Waals surface area contributed by atoms with E-state index in [0.29, 0.717) is 20.9 Å². The molecule has 1 aliphatic heterocycles. The van der Waals surface area contributed by atoms with Gasteiger partial charge in [-0.1, -0.05) is 29.8 Å². The number of carbonyl (C=O) groups excluding carboxylic acids is 1. The zero-order valence-corrected chi connectivity index (χ0v) is 15.0. The van der Waals surface area contributed by atoms with Crippen LogP contribution in [0.15, 0.2) is 76.9 Å². The molecule has 26 heavy (non-hydrogen) atoms. The minimum Gasteiger partial charge on any atom is -0.362 e. The maximum absolute atomic E-state index is 13.0. The maximum atomic E-state index is 13.0. The van der Waals surface area contributed by atoms with Crippen LogP contribution in [0.25, 0.3) is 6.08 Å². The minimum atomic E-state index is -0.130. The summed E-state index contributed by atoms with van der Waals surface area (Å²) in [5.74, 6) is -0.130. The Bertz CT molecular complexity index is 999. The highest BCUT2D eigenvalue weighted by Crippen LogP contribution is 2.37. The number of carbonyl (C=O) groups is 1. The zero-order chi connectivity index (χ0) is 17.9. The van der Waals surface area contributed by atoms with Crippen molar-refractivity contribution in [3.8, 4) is 0 Å². The van der Waals surface area contributed by atoms with Crippen molar-refractivity contribution < 1.29 is 4.79 Å². The summed E-state index contributed by atoms with van der Waals surface area (Å²) in [6, 6.07) is 16.7. The normalized spacial score (nSPS) is 17.4. The van der Waals surface area contributed by atoms with Crippen molar-refractivity contribution in [1.82, 2.24) is 9.97 Å². The summed E-state index contributed by atoms with van der Waals surface area (Å²) in [6.07, 6.45) is 5.23. The second kappa shape index (κ2) is 7.19. The van der Waals surface area contributed by atoms with Gasteiger partial charge in [0.1, 0.15) is 5.69 Å². The third kappa shape index (κ3) is 3.29. The van der Waals surface area contributed by atoms with Gasteiger partial charge in [0.15, 0.2) is 10.3 Å². The summed E-state index contributed by atoms with van der Waals surface area (Å²) >= 11 is 7.44. The Morgan fingerprint density at radius 2 is 1.96 bits per heavy atom. The molecule has 0 saturated carbocycles. The molecule has 2 aromatic heterocycles. The van der Waals surface area contributed by atoms with Gasteiger partial charge in [0.05, 0.1) is 10.6 Å². The van der Waals surface area contributed by atoms with Gasteiger partial charge < -0.3 is 4.98 Å². The SMILES string of the molecule is O=C1/C(=C\c2ccc[nH]2)SC(=Nc2cccnc2Cl)N1c1ccccc1. The minimum absolute atomic E-state index is 0.130. The first kappa shape index (κ1) is 16.6. The van der Waals surface area contributed by atoms with Crippen LogP contribution >= 0.6 is 23.4 Å². The van der Waals surface area contributed by atoms with Crippen LogP contribution in [0.5, 0.6) is 0 Å². The van der Waals surface area contributed by atoms with Crippen LogP contribution in [-0.2, 0) is 4.79 Å². The number of amidine groups is 1. The molecule has 1 saturated heterocycles. The van der Waals surface area contributed by atoms with E-state index < -0.39 is 0 Å². The average molecular weight is 381 g/mol. The fourth-order valence-corrected chi connectivity index (χ4v) is 3.64. The molecule has 1 N–H and O–H groups in total. The number of halogens is 1. The number of benzene rings is 1. The van der Waals surface area contributed by atoms with E-state index in [1.54, 1.807) is 23.2 Å². The summed E-state index contributed by atoms with van der Waals surface area (Å²) in [5, 5.41) is 0.830. The van der Waals surface area contributed by atoms with E-state index in [4.69, 9.17) is 11.6 Å². The number of hydrogen-bond donors (Lipinski definition) is 1.